The summed E-state index contributed by atoms with van der Waals surface area (Å²) in [5, 5.41) is 0.704. The molecule has 0 saturated carbocycles. The zero-order chi connectivity index (χ0) is 15.5. The van der Waals surface area contributed by atoms with Gasteiger partial charge in [0.15, 0.2) is 0 Å². The number of amides is 1. The van der Waals surface area contributed by atoms with Gasteiger partial charge < -0.3 is 4.90 Å². The number of carbonyl (C=O) groups is 1. The van der Waals surface area contributed by atoms with E-state index >= 15 is 0 Å². The molecule has 0 radical (unpaired) electrons. The first-order chi connectivity index (χ1) is 10.6. The Morgan fingerprint density at radius 2 is 1.82 bits per heavy atom. The summed E-state index contributed by atoms with van der Waals surface area (Å²) in [5.74, 6) is 0.199. The van der Waals surface area contributed by atoms with E-state index in [2.05, 4.69) is 31.2 Å². The molecule has 0 N–H and O–H groups in total. The summed E-state index contributed by atoms with van der Waals surface area (Å²) in [7, 11) is 0. The third kappa shape index (κ3) is 3.33. The van der Waals surface area contributed by atoms with Gasteiger partial charge in [-0.2, -0.15) is 0 Å². The number of carbonyl (C=O) groups excluding carboxylic acids is 1. The molecule has 1 heterocycles. The van der Waals surface area contributed by atoms with Crippen molar-refractivity contribution in [3.05, 3.63) is 70.2 Å². The predicted octanol–water partition coefficient (Wildman–Crippen LogP) is 4.55. The number of hydrogen-bond donors (Lipinski definition) is 0. The quantitative estimate of drug-likeness (QED) is 0.813. The van der Waals surface area contributed by atoms with Gasteiger partial charge in [0.2, 0.25) is 5.91 Å². The van der Waals surface area contributed by atoms with E-state index in [0.717, 1.165) is 24.9 Å². The highest BCUT2D eigenvalue weighted by Gasteiger charge is 2.29. The van der Waals surface area contributed by atoms with E-state index in [1.54, 1.807) is 0 Å². The second-order valence-electron chi connectivity index (χ2n) is 5.96. The van der Waals surface area contributed by atoms with Gasteiger partial charge in [0.25, 0.3) is 0 Å². The van der Waals surface area contributed by atoms with Crippen molar-refractivity contribution in [1.82, 2.24) is 4.90 Å². The van der Waals surface area contributed by atoms with Crippen LogP contribution in [0.25, 0.3) is 0 Å². The summed E-state index contributed by atoms with van der Waals surface area (Å²) in [6.07, 6.45) is 2.57. The van der Waals surface area contributed by atoms with E-state index in [1.807, 2.05) is 29.2 Å². The summed E-state index contributed by atoms with van der Waals surface area (Å²) < 4.78 is 0. The Morgan fingerprint density at radius 1 is 1.14 bits per heavy atom. The minimum atomic E-state index is 0.199. The van der Waals surface area contributed by atoms with Crippen LogP contribution in [-0.2, 0) is 11.2 Å². The Labute approximate surface area is 136 Å². The molecule has 0 aromatic heterocycles. The fraction of sp³-hybridized carbons (Fsp3) is 0.316. The average molecular weight is 314 g/mol. The summed E-state index contributed by atoms with van der Waals surface area (Å²) in [6, 6.07) is 16.3. The molecule has 22 heavy (non-hydrogen) atoms. The number of aryl methyl sites for hydroxylation is 1. The molecule has 1 saturated heterocycles. The smallest absolute Gasteiger partial charge is 0.227 e. The highest BCUT2D eigenvalue weighted by atomic mass is 35.5. The molecule has 0 aliphatic carbocycles. The largest absolute Gasteiger partial charge is 0.335 e. The first kappa shape index (κ1) is 15.1. The van der Waals surface area contributed by atoms with Crippen molar-refractivity contribution >= 4 is 17.5 Å². The molecule has 1 aliphatic rings. The maximum absolute atomic E-state index is 12.6. The Hall–Kier alpha value is -1.80. The first-order valence-corrected chi connectivity index (χ1v) is 8.12. The Balaban J connectivity index is 1.73. The van der Waals surface area contributed by atoms with E-state index in [9.17, 15) is 4.79 Å². The van der Waals surface area contributed by atoms with Crippen LogP contribution in [0.3, 0.4) is 0 Å². The van der Waals surface area contributed by atoms with Gasteiger partial charge in [-0.05, 0) is 43.0 Å². The number of rotatable bonds is 3. The molecule has 1 fully saturated rings. The van der Waals surface area contributed by atoms with Crippen molar-refractivity contribution in [3.8, 4) is 0 Å². The molecular weight excluding hydrogens is 294 g/mol. The third-order valence-corrected chi connectivity index (χ3v) is 4.56. The number of benzene rings is 2. The van der Waals surface area contributed by atoms with Gasteiger partial charge in [-0.1, -0.05) is 53.6 Å². The van der Waals surface area contributed by atoms with Crippen LogP contribution in [0.15, 0.2) is 48.5 Å². The van der Waals surface area contributed by atoms with Crippen molar-refractivity contribution < 1.29 is 4.79 Å². The lowest BCUT2D eigenvalue weighted by Gasteiger charge is -2.25. The molecule has 0 spiro atoms. The molecule has 3 rings (SSSR count). The molecule has 1 atom stereocenters. The molecule has 1 unspecified atom stereocenters. The molecule has 1 aliphatic heterocycles. The number of nitrogens with zero attached hydrogens (tertiary/aromatic N) is 1. The van der Waals surface area contributed by atoms with Crippen molar-refractivity contribution in [2.45, 2.75) is 32.2 Å². The average Bonchev–Trinajstić information content (AvgIpc) is 3.00. The molecule has 0 bridgehead atoms. The van der Waals surface area contributed by atoms with Crippen molar-refractivity contribution in [2.75, 3.05) is 6.54 Å². The van der Waals surface area contributed by atoms with Gasteiger partial charge in [-0.15, -0.1) is 0 Å². The van der Waals surface area contributed by atoms with Crippen LogP contribution in [0.1, 0.15) is 35.6 Å². The van der Waals surface area contributed by atoms with Crippen LogP contribution in [0.5, 0.6) is 0 Å². The zero-order valence-electron chi connectivity index (χ0n) is 12.8. The van der Waals surface area contributed by atoms with Crippen LogP contribution in [0, 0.1) is 6.92 Å². The summed E-state index contributed by atoms with van der Waals surface area (Å²) >= 11 is 5.90. The van der Waals surface area contributed by atoms with Crippen molar-refractivity contribution in [2.24, 2.45) is 0 Å². The van der Waals surface area contributed by atoms with Crippen LogP contribution < -0.4 is 0 Å². The first-order valence-electron chi connectivity index (χ1n) is 7.74. The van der Waals surface area contributed by atoms with Crippen molar-refractivity contribution in [3.63, 3.8) is 0 Å². The normalized spacial score (nSPS) is 17.7. The number of hydrogen-bond acceptors (Lipinski definition) is 1. The zero-order valence-corrected chi connectivity index (χ0v) is 13.5. The van der Waals surface area contributed by atoms with Gasteiger partial charge in [0, 0.05) is 11.6 Å². The highest BCUT2D eigenvalue weighted by molar-refractivity contribution is 6.30. The molecule has 2 nitrogen and oxygen atoms in total. The van der Waals surface area contributed by atoms with Crippen LogP contribution in [0.2, 0.25) is 5.02 Å². The van der Waals surface area contributed by atoms with Gasteiger partial charge >= 0.3 is 0 Å². The Morgan fingerprint density at radius 3 is 2.50 bits per heavy atom. The minimum Gasteiger partial charge on any atom is -0.335 e. The topological polar surface area (TPSA) is 20.3 Å². The van der Waals surface area contributed by atoms with Gasteiger partial charge in [0.1, 0.15) is 0 Å². The fourth-order valence-corrected chi connectivity index (χ4v) is 3.20. The van der Waals surface area contributed by atoms with Crippen molar-refractivity contribution in [1.29, 1.82) is 0 Å². The predicted molar refractivity (Wildman–Crippen MR) is 90.0 cm³/mol. The lowest BCUT2D eigenvalue weighted by atomic mass is 10.0. The van der Waals surface area contributed by atoms with E-state index in [4.69, 9.17) is 11.6 Å². The lowest BCUT2D eigenvalue weighted by Crippen LogP contribution is -2.31. The molecule has 2 aromatic carbocycles. The highest BCUT2D eigenvalue weighted by Crippen LogP contribution is 2.32. The van der Waals surface area contributed by atoms with Crippen LogP contribution in [0.4, 0.5) is 0 Å². The minimum absolute atomic E-state index is 0.199. The van der Waals surface area contributed by atoms with Crippen LogP contribution in [-0.4, -0.2) is 17.4 Å². The van der Waals surface area contributed by atoms with E-state index in [1.165, 1.54) is 11.1 Å². The third-order valence-electron chi connectivity index (χ3n) is 4.30. The van der Waals surface area contributed by atoms with Gasteiger partial charge in [-0.25, -0.2) is 0 Å². The Kier molecular flexibility index (Phi) is 4.49. The van der Waals surface area contributed by atoms with Gasteiger partial charge in [-0.3, -0.25) is 4.79 Å². The van der Waals surface area contributed by atoms with E-state index in [0.29, 0.717) is 11.4 Å². The summed E-state index contributed by atoms with van der Waals surface area (Å²) in [4.78, 5) is 14.7. The Bertz CT molecular complexity index is 648. The molecule has 2 aromatic rings. The van der Waals surface area contributed by atoms with Crippen LogP contribution >= 0.6 is 11.6 Å². The van der Waals surface area contributed by atoms with Gasteiger partial charge in [0.05, 0.1) is 12.5 Å². The maximum Gasteiger partial charge on any atom is 0.227 e. The summed E-state index contributed by atoms with van der Waals surface area (Å²) in [6.45, 7) is 2.94. The SMILES string of the molecule is Cc1ccc(C2CCCN2C(=O)Cc2ccc(Cl)cc2)cc1. The lowest BCUT2D eigenvalue weighted by molar-refractivity contribution is -0.131. The second kappa shape index (κ2) is 6.53. The maximum atomic E-state index is 12.6. The molecule has 1 amide bonds. The fourth-order valence-electron chi connectivity index (χ4n) is 3.08. The van der Waals surface area contributed by atoms with E-state index in [-0.39, 0.29) is 11.9 Å². The molecular formula is C19H20ClNO. The summed E-state index contributed by atoms with van der Waals surface area (Å²) in [5.41, 5.74) is 3.51. The number of likely N-dealkylation sites (tertiary alicyclic amines) is 1. The second-order valence-corrected chi connectivity index (χ2v) is 6.40. The van der Waals surface area contributed by atoms with E-state index < -0.39 is 0 Å². The molecule has 114 valence electrons. The monoisotopic (exact) mass is 313 g/mol. The standard InChI is InChI=1S/C19H20ClNO/c1-14-4-8-16(9-5-14)18-3-2-12-21(18)19(22)13-15-6-10-17(20)11-7-15/h4-11,18H,2-3,12-13H2,1H3. The number of halogens is 1. The molecule has 3 heteroatoms.